The number of nitrogens with one attached hydrogen (secondary N) is 1. The molecular weight excluding hydrogens is 262 g/mol. The van der Waals surface area contributed by atoms with Gasteiger partial charge in [0.1, 0.15) is 0 Å². The molecule has 112 valence electrons. The minimum Gasteiger partial charge on any atom is -0.389 e. The summed E-state index contributed by atoms with van der Waals surface area (Å²) < 4.78 is 5.44. The predicted octanol–water partition coefficient (Wildman–Crippen LogP) is 3.14. The molecule has 2 aromatic carbocycles. The van der Waals surface area contributed by atoms with Crippen LogP contribution in [0.1, 0.15) is 25.0 Å². The van der Waals surface area contributed by atoms with Gasteiger partial charge in [0, 0.05) is 17.6 Å². The zero-order valence-corrected chi connectivity index (χ0v) is 12.7. The molecule has 2 N–H and O–H groups in total. The Balaban J connectivity index is 1.74. The molecule has 2 aromatic rings. The number of aliphatic hydroxyl groups is 1. The lowest BCUT2D eigenvalue weighted by Crippen LogP contribution is -2.26. The van der Waals surface area contributed by atoms with Crippen molar-refractivity contribution in [3.8, 4) is 0 Å². The summed E-state index contributed by atoms with van der Waals surface area (Å²) in [5.74, 6) is 0. The highest BCUT2D eigenvalue weighted by atomic mass is 16.5. The molecule has 0 amide bonds. The molecule has 3 nitrogen and oxygen atoms in total. The lowest BCUT2D eigenvalue weighted by molar-refractivity contribution is 0.0112. The van der Waals surface area contributed by atoms with Crippen molar-refractivity contribution in [3.05, 3.63) is 41.5 Å². The summed E-state index contributed by atoms with van der Waals surface area (Å²) in [6, 6.07) is 10.8. The number of benzene rings is 2. The molecule has 0 spiro atoms. The van der Waals surface area contributed by atoms with Crippen LogP contribution in [0.15, 0.2) is 30.3 Å². The van der Waals surface area contributed by atoms with E-state index >= 15 is 0 Å². The number of anilines is 1. The SMILES string of the molecule is CC(C)OC[C@@H](O)CNc1ccc2c3c(cccc13)CC2. The van der Waals surface area contributed by atoms with Crippen LogP contribution in [-0.4, -0.2) is 30.5 Å². The molecule has 1 atom stereocenters. The second-order valence-electron chi connectivity index (χ2n) is 6.03. The van der Waals surface area contributed by atoms with Gasteiger partial charge in [0.05, 0.1) is 18.8 Å². The summed E-state index contributed by atoms with van der Waals surface area (Å²) in [7, 11) is 0. The number of aliphatic hydroxyl groups excluding tert-OH is 1. The highest BCUT2D eigenvalue weighted by molar-refractivity contribution is 5.99. The third kappa shape index (κ3) is 3.04. The van der Waals surface area contributed by atoms with E-state index in [1.807, 2.05) is 13.8 Å². The molecule has 0 radical (unpaired) electrons. The fourth-order valence-corrected chi connectivity index (χ4v) is 2.99. The Morgan fingerprint density at radius 1 is 1.14 bits per heavy atom. The molecule has 1 aliphatic carbocycles. The first kappa shape index (κ1) is 14.4. The third-order valence-electron chi connectivity index (χ3n) is 4.03. The number of hydrogen-bond acceptors (Lipinski definition) is 3. The zero-order valence-electron chi connectivity index (χ0n) is 12.7. The molecule has 0 aliphatic heterocycles. The van der Waals surface area contributed by atoms with Crippen LogP contribution in [0, 0.1) is 0 Å². The van der Waals surface area contributed by atoms with Crippen LogP contribution < -0.4 is 5.32 Å². The van der Waals surface area contributed by atoms with Crippen molar-refractivity contribution in [3.63, 3.8) is 0 Å². The summed E-state index contributed by atoms with van der Waals surface area (Å²) in [6.45, 7) is 4.82. The van der Waals surface area contributed by atoms with Crippen molar-refractivity contribution < 1.29 is 9.84 Å². The van der Waals surface area contributed by atoms with E-state index in [9.17, 15) is 5.11 Å². The Hall–Kier alpha value is -1.58. The monoisotopic (exact) mass is 285 g/mol. The average molecular weight is 285 g/mol. The number of aryl methyl sites for hydroxylation is 2. The van der Waals surface area contributed by atoms with Crippen LogP contribution in [0.25, 0.3) is 10.8 Å². The zero-order chi connectivity index (χ0) is 14.8. The lowest BCUT2D eigenvalue weighted by atomic mass is 10.0. The van der Waals surface area contributed by atoms with Gasteiger partial charge in [-0.1, -0.05) is 24.3 Å². The molecule has 0 aromatic heterocycles. The van der Waals surface area contributed by atoms with Crippen molar-refractivity contribution in [2.75, 3.05) is 18.5 Å². The maximum absolute atomic E-state index is 9.97. The molecule has 21 heavy (non-hydrogen) atoms. The largest absolute Gasteiger partial charge is 0.389 e. The summed E-state index contributed by atoms with van der Waals surface area (Å²) in [6.07, 6.45) is 1.94. The van der Waals surface area contributed by atoms with E-state index in [0.29, 0.717) is 13.2 Å². The maximum Gasteiger partial charge on any atom is 0.0945 e. The van der Waals surface area contributed by atoms with Crippen molar-refractivity contribution >= 4 is 16.5 Å². The molecular formula is C18H23NO2. The highest BCUT2D eigenvalue weighted by Crippen LogP contribution is 2.34. The van der Waals surface area contributed by atoms with Crippen molar-refractivity contribution in [1.82, 2.24) is 0 Å². The van der Waals surface area contributed by atoms with Gasteiger partial charge in [0.15, 0.2) is 0 Å². The summed E-state index contributed by atoms with van der Waals surface area (Å²) in [5, 5.41) is 16.0. The van der Waals surface area contributed by atoms with E-state index in [4.69, 9.17) is 4.74 Å². The van der Waals surface area contributed by atoms with Crippen molar-refractivity contribution in [2.45, 2.75) is 38.9 Å². The standard InChI is InChI=1S/C18H23NO2/c1-12(2)21-11-15(20)10-19-17-9-8-14-7-6-13-4-3-5-16(17)18(13)14/h3-5,8-9,12,15,19-20H,6-7,10-11H2,1-2H3/t15-/m0/s1. The fraction of sp³-hybridized carbons (Fsp3) is 0.444. The summed E-state index contributed by atoms with van der Waals surface area (Å²) in [4.78, 5) is 0. The predicted molar refractivity (Wildman–Crippen MR) is 86.9 cm³/mol. The lowest BCUT2D eigenvalue weighted by Gasteiger charge is -2.16. The van der Waals surface area contributed by atoms with E-state index < -0.39 is 6.10 Å². The Morgan fingerprint density at radius 2 is 1.90 bits per heavy atom. The van der Waals surface area contributed by atoms with Crippen LogP contribution in [-0.2, 0) is 17.6 Å². The van der Waals surface area contributed by atoms with Crippen LogP contribution in [0.4, 0.5) is 5.69 Å². The molecule has 3 heteroatoms. The Bertz CT molecular complexity index is 626. The Morgan fingerprint density at radius 3 is 2.67 bits per heavy atom. The van der Waals surface area contributed by atoms with Crippen LogP contribution in [0.5, 0.6) is 0 Å². The quantitative estimate of drug-likeness (QED) is 0.857. The normalized spacial score (nSPS) is 14.9. The number of hydrogen-bond donors (Lipinski definition) is 2. The molecule has 0 saturated heterocycles. The van der Waals surface area contributed by atoms with E-state index in [0.717, 1.165) is 18.5 Å². The van der Waals surface area contributed by atoms with Gasteiger partial charge < -0.3 is 15.2 Å². The third-order valence-corrected chi connectivity index (χ3v) is 4.03. The highest BCUT2D eigenvalue weighted by Gasteiger charge is 2.16. The van der Waals surface area contributed by atoms with Gasteiger partial charge in [0.25, 0.3) is 0 Å². The Kier molecular flexibility index (Phi) is 4.13. The molecule has 1 aliphatic rings. The van der Waals surface area contributed by atoms with Gasteiger partial charge in [-0.2, -0.15) is 0 Å². The van der Waals surface area contributed by atoms with Gasteiger partial charge >= 0.3 is 0 Å². The fourth-order valence-electron chi connectivity index (χ4n) is 2.99. The first-order valence-corrected chi connectivity index (χ1v) is 7.72. The van der Waals surface area contributed by atoms with E-state index in [-0.39, 0.29) is 6.10 Å². The molecule has 0 fully saturated rings. The molecule has 0 saturated carbocycles. The smallest absolute Gasteiger partial charge is 0.0945 e. The molecule has 0 bridgehead atoms. The van der Waals surface area contributed by atoms with E-state index in [1.165, 1.54) is 21.9 Å². The number of rotatable bonds is 6. The topological polar surface area (TPSA) is 41.5 Å². The molecule has 0 unspecified atom stereocenters. The summed E-state index contributed by atoms with van der Waals surface area (Å²) in [5.41, 5.74) is 3.98. The average Bonchev–Trinajstić information content (AvgIpc) is 2.90. The van der Waals surface area contributed by atoms with Crippen LogP contribution >= 0.6 is 0 Å². The van der Waals surface area contributed by atoms with Crippen LogP contribution in [0.2, 0.25) is 0 Å². The Labute approximate surface area is 125 Å². The first-order valence-electron chi connectivity index (χ1n) is 7.72. The van der Waals surface area contributed by atoms with E-state index in [2.05, 4.69) is 35.6 Å². The summed E-state index contributed by atoms with van der Waals surface area (Å²) >= 11 is 0. The van der Waals surface area contributed by atoms with Gasteiger partial charge in [0.2, 0.25) is 0 Å². The van der Waals surface area contributed by atoms with Crippen LogP contribution in [0.3, 0.4) is 0 Å². The maximum atomic E-state index is 9.97. The minimum absolute atomic E-state index is 0.149. The van der Waals surface area contributed by atoms with Gasteiger partial charge in [-0.25, -0.2) is 0 Å². The number of ether oxygens (including phenoxy) is 1. The molecule has 0 heterocycles. The van der Waals surface area contributed by atoms with E-state index in [1.54, 1.807) is 0 Å². The van der Waals surface area contributed by atoms with Gasteiger partial charge in [-0.15, -0.1) is 0 Å². The van der Waals surface area contributed by atoms with Crippen molar-refractivity contribution in [1.29, 1.82) is 0 Å². The van der Waals surface area contributed by atoms with Gasteiger partial charge in [-0.3, -0.25) is 0 Å². The second-order valence-corrected chi connectivity index (χ2v) is 6.03. The van der Waals surface area contributed by atoms with Gasteiger partial charge in [-0.05, 0) is 49.3 Å². The molecule has 3 rings (SSSR count). The second kappa shape index (κ2) is 6.04. The minimum atomic E-state index is -0.490. The first-order chi connectivity index (χ1) is 10.1. The van der Waals surface area contributed by atoms with Crippen molar-refractivity contribution in [2.24, 2.45) is 0 Å².